The number of carbonyl (C=O) groups excluding carboxylic acids is 1. The van der Waals surface area contributed by atoms with Crippen molar-refractivity contribution in [2.24, 2.45) is 0 Å². The van der Waals surface area contributed by atoms with Gasteiger partial charge in [-0.3, -0.25) is 10.1 Å². The zero-order valence-corrected chi connectivity index (χ0v) is 14.0. The van der Waals surface area contributed by atoms with E-state index in [0.717, 1.165) is 21.2 Å². The molecule has 0 saturated carbocycles. The monoisotopic (exact) mass is 323 g/mol. The molecule has 21 heavy (non-hydrogen) atoms. The summed E-state index contributed by atoms with van der Waals surface area (Å²) in [7, 11) is 0. The Bertz CT molecular complexity index is 643. The first-order valence-electron chi connectivity index (χ1n) is 6.42. The molecular formula is C14H17N3O2S2. The first kappa shape index (κ1) is 15.8. The van der Waals surface area contributed by atoms with Crippen LogP contribution in [0.2, 0.25) is 0 Å². The Balaban J connectivity index is 2.00. The van der Waals surface area contributed by atoms with Crippen LogP contribution in [0.1, 0.15) is 18.1 Å². The Morgan fingerprint density at radius 1 is 1.38 bits per heavy atom. The molecule has 1 aromatic carbocycles. The highest BCUT2D eigenvalue weighted by atomic mass is 32.2. The van der Waals surface area contributed by atoms with Gasteiger partial charge in [-0.2, -0.15) is 0 Å². The molecule has 2 aromatic rings. The maximum Gasteiger partial charge on any atom is 0.266 e. The number of amides is 1. The van der Waals surface area contributed by atoms with E-state index < -0.39 is 6.10 Å². The summed E-state index contributed by atoms with van der Waals surface area (Å²) in [4.78, 5) is 12.1. The topological polar surface area (TPSA) is 64.1 Å². The van der Waals surface area contributed by atoms with E-state index in [2.05, 4.69) is 15.5 Å². The molecule has 1 unspecified atom stereocenters. The minimum atomic E-state index is -0.605. The third kappa shape index (κ3) is 4.18. The number of carbonyl (C=O) groups is 1. The summed E-state index contributed by atoms with van der Waals surface area (Å²) >= 11 is 2.84. The molecule has 5 nitrogen and oxygen atoms in total. The number of nitrogens with one attached hydrogen (secondary N) is 1. The van der Waals surface area contributed by atoms with Crippen molar-refractivity contribution < 1.29 is 9.53 Å². The average molecular weight is 323 g/mol. The largest absolute Gasteiger partial charge is 0.481 e. The third-order valence-corrected chi connectivity index (χ3v) is 4.64. The van der Waals surface area contributed by atoms with Crippen LogP contribution in [-0.2, 0) is 4.79 Å². The lowest BCUT2D eigenvalue weighted by Crippen LogP contribution is -2.30. The number of benzene rings is 1. The second-order valence-corrected chi connectivity index (χ2v) is 6.63. The van der Waals surface area contributed by atoms with E-state index in [-0.39, 0.29) is 5.91 Å². The van der Waals surface area contributed by atoms with Crippen LogP contribution in [0.5, 0.6) is 5.75 Å². The molecule has 1 aromatic heterocycles. The third-order valence-electron chi connectivity index (χ3n) is 2.83. The van der Waals surface area contributed by atoms with Gasteiger partial charge in [0.05, 0.1) is 0 Å². The summed E-state index contributed by atoms with van der Waals surface area (Å²) in [6.07, 6.45) is 1.31. The zero-order chi connectivity index (χ0) is 15.4. The minimum absolute atomic E-state index is 0.236. The smallest absolute Gasteiger partial charge is 0.266 e. The fourth-order valence-electron chi connectivity index (χ4n) is 1.63. The van der Waals surface area contributed by atoms with E-state index in [1.165, 1.54) is 23.1 Å². The number of thioether (sulfide) groups is 1. The summed E-state index contributed by atoms with van der Waals surface area (Å²) in [5, 5.41) is 11.0. The molecule has 2 rings (SSSR count). The summed E-state index contributed by atoms with van der Waals surface area (Å²) < 4.78 is 6.55. The maximum atomic E-state index is 12.1. The van der Waals surface area contributed by atoms with Crippen molar-refractivity contribution in [2.45, 2.75) is 31.2 Å². The standard InChI is InChI=1S/C14H17N3O2S2/c1-8-5-6-9(2)11(7-8)19-10(3)12(18)15-13-16-17-14(20-4)21-13/h5-7,10H,1-4H3,(H,15,16,18). The van der Waals surface area contributed by atoms with Crippen LogP contribution in [0, 0.1) is 13.8 Å². The van der Waals surface area contributed by atoms with Gasteiger partial charge in [-0.05, 0) is 44.2 Å². The second kappa shape index (κ2) is 6.91. The van der Waals surface area contributed by atoms with Crippen LogP contribution >= 0.6 is 23.1 Å². The molecule has 1 amide bonds. The highest BCUT2D eigenvalue weighted by molar-refractivity contribution is 8.00. The number of aryl methyl sites for hydroxylation is 2. The van der Waals surface area contributed by atoms with Gasteiger partial charge in [0.25, 0.3) is 5.91 Å². The number of hydrogen-bond donors (Lipinski definition) is 1. The van der Waals surface area contributed by atoms with Gasteiger partial charge in [0.1, 0.15) is 5.75 Å². The summed E-state index contributed by atoms with van der Waals surface area (Å²) in [5.74, 6) is 0.486. The summed E-state index contributed by atoms with van der Waals surface area (Å²) in [5.41, 5.74) is 2.10. The lowest BCUT2D eigenvalue weighted by molar-refractivity contribution is -0.122. The fraction of sp³-hybridized carbons (Fsp3) is 0.357. The minimum Gasteiger partial charge on any atom is -0.481 e. The molecule has 0 bridgehead atoms. The van der Waals surface area contributed by atoms with Gasteiger partial charge < -0.3 is 4.74 Å². The van der Waals surface area contributed by atoms with Gasteiger partial charge in [-0.1, -0.05) is 35.2 Å². The van der Waals surface area contributed by atoms with E-state index in [9.17, 15) is 4.79 Å². The number of rotatable bonds is 5. The Labute approximate surface area is 132 Å². The van der Waals surface area contributed by atoms with E-state index in [4.69, 9.17) is 4.74 Å². The quantitative estimate of drug-likeness (QED) is 0.676. The van der Waals surface area contributed by atoms with Crippen LogP contribution in [0.4, 0.5) is 5.13 Å². The molecule has 0 aliphatic carbocycles. The van der Waals surface area contributed by atoms with Crippen molar-refractivity contribution >= 4 is 34.1 Å². The SMILES string of the molecule is CSc1nnc(NC(=O)C(C)Oc2cc(C)ccc2C)s1. The van der Waals surface area contributed by atoms with Crippen LogP contribution in [0.3, 0.4) is 0 Å². The maximum absolute atomic E-state index is 12.1. The van der Waals surface area contributed by atoms with Gasteiger partial charge >= 0.3 is 0 Å². The van der Waals surface area contributed by atoms with Crippen LogP contribution in [0.15, 0.2) is 22.5 Å². The molecule has 1 N–H and O–H groups in total. The molecule has 0 spiro atoms. The van der Waals surface area contributed by atoms with E-state index >= 15 is 0 Å². The predicted octanol–water partition coefficient (Wildman–Crippen LogP) is 3.28. The molecule has 0 aliphatic rings. The second-order valence-electron chi connectivity index (χ2n) is 4.60. The Hall–Kier alpha value is -1.60. The van der Waals surface area contributed by atoms with Gasteiger partial charge in [-0.15, -0.1) is 10.2 Å². The summed E-state index contributed by atoms with van der Waals surface area (Å²) in [6.45, 7) is 5.66. The lowest BCUT2D eigenvalue weighted by Gasteiger charge is -2.15. The number of nitrogens with zero attached hydrogens (tertiary/aromatic N) is 2. The van der Waals surface area contributed by atoms with E-state index in [1.807, 2.05) is 38.3 Å². The molecule has 0 radical (unpaired) electrons. The molecule has 0 aliphatic heterocycles. The van der Waals surface area contributed by atoms with Gasteiger partial charge in [0.2, 0.25) is 5.13 Å². The molecular weight excluding hydrogens is 306 g/mol. The van der Waals surface area contributed by atoms with Crippen molar-refractivity contribution in [1.82, 2.24) is 10.2 Å². The molecule has 0 fully saturated rings. The van der Waals surface area contributed by atoms with Crippen LogP contribution in [-0.4, -0.2) is 28.5 Å². The fourth-order valence-corrected chi connectivity index (χ4v) is 2.80. The average Bonchev–Trinajstić information content (AvgIpc) is 2.90. The Morgan fingerprint density at radius 3 is 2.81 bits per heavy atom. The number of hydrogen-bond acceptors (Lipinski definition) is 6. The van der Waals surface area contributed by atoms with Crippen molar-refractivity contribution in [1.29, 1.82) is 0 Å². The zero-order valence-electron chi connectivity index (χ0n) is 12.3. The van der Waals surface area contributed by atoms with E-state index in [1.54, 1.807) is 6.92 Å². The van der Waals surface area contributed by atoms with Crippen molar-refractivity contribution in [2.75, 3.05) is 11.6 Å². The Morgan fingerprint density at radius 2 is 2.14 bits per heavy atom. The van der Waals surface area contributed by atoms with Gasteiger partial charge in [-0.25, -0.2) is 0 Å². The summed E-state index contributed by atoms with van der Waals surface area (Å²) in [6, 6.07) is 5.92. The van der Waals surface area contributed by atoms with Crippen molar-refractivity contribution in [3.05, 3.63) is 29.3 Å². The molecule has 1 heterocycles. The number of aromatic nitrogens is 2. The first-order valence-corrected chi connectivity index (χ1v) is 8.46. The Kier molecular flexibility index (Phi) is 5.19. The van der Waals surface area contributed by atoms with Crippen molar-refractivity contribution in [3.63, 3.8) is 0 Å². The molecule has 1 atom stereocenters. The predicted molar refractivity (Wildman–Crippen MR) is 86.3 cm³/mol. The van der Waals surface area contributed by atoms with Crippen molar-refractivity contribution in [3.8, 4) is 5.75 Å². The lowest BCUT2D eigenvalue weighted by atomic mass is 10.1. The highest BCUT2D eigenvalue weighted by Crippen LogP contribution is 2.24. The normalized spacial score (nSPS) is 12.0. The van der Waals surface area contributed by atoms with Gasteiger partial charge in [0, 0.05) is 0 Å². The van der Waals surface area contributed by atoms with Crippen LogP contribution < -0.4 is 10.1 Å². The molecule has 112 valence electrons. The van der Waals surface area contributed by atoms with Crippen LogP contribution in [0.25, 0.3) is 0 Å². The molecule has 7 heteroatoms. The number of ether oxygens (including phenoxy) is 1. The molecule has 0 saturated heterocycles. The first-order chi connectivity index (χ1) is 9.99. The van der Waals surface area contributed by atoms with Gasteiger partial charge in [0.15, 0.2) is 10.4 Å². The highest BCUT2D eigenvalue weighted by Gasteiger charge is 2.17. The number of anilines is 1. The van der Waals surface area contributed by atoms with E-state index in [0.29, 0.717) is 5.13 Å².